The zero-order valence-corrected chi connectivity index (χ0v) is 17.8. The van der Waals surface area contributed by atoms with Crippen LogP contribution in [-0.2, 0) is 24.7 Å². The smallest absolute Gasteiger partial charge is 0.243 e. The lowest BCUT2D eigenvalue weighted by Crippen LogP contribution is -2.39. The van der Waals surface area contributed by atoms with Gasteiger partial charge in [0.15, 0.2) is 9.84 Å². The summed E-state index contributed by atoms with van der Waals surface area (Å²) in [6.45, 7) is 3.27. The SMILES string of the molecule is Cc1ccc(S(=O)(=O)N(C)CC(=O)NC(C)c2ccc(S(C)(=O)=O)cc2)cc1. The second-order valence-electron chi connectivity index (χ2n) is 6.70. The maximum atomic E-state index is 12.6. The van der Waals surface area contributed by atoms with E-state index >= 15 is 0 Å². The van der Waals surface area contributed by atoms with Crippen molar-refractivity contribution >= 4 is 25.8 Å². The van der Waals surface area contributed by atoms with Gasteiger partial charge in [0.25, 0.3) is 0 Å². The minimum absolute atomic E-state index is 0.123. The number of benzene rings is 2. The molecule has 0 spiro atoms. The molecule has 0 aliphatic heterocycles. The summed E-state index contributed by atoms with van der Waals surface area (Å²) in [4.78, 5) is 12.6. The molecule has 0 bridgehead atoms. The third-order valence-electron chi connectivity index (χ3n) is 4.28. The largest absolute Gasteiger partial charge is 0.348 e. The molecule has 0 saturated carbocycles. The van der Waals surface area contributed by atoms with Crippen molar-refractivity contribution in [3.63, 3.8) is 0 Å². The number of amides is 1. The van der Waals surface area contributed by atoms with Crippen molar-refractivity contribution in [2.45, 2.75) is 29.7 Å². The minimum Gasteiger partial charge on any atom is -0.348 e. The Morgan fingerprint density at radius 3 is 1.96 bits per heavy atom. The van der Waals surface area contributed by atoms with Crippen molar-refractivity contribution in [2.75, 3.05) is 19.8 Å². The van der Waals surface area contributed by atoms with Crippen LogP contribution in [0.2, 0.25) is 0 Å². The van der Waals surface area contributed by atoms with Gasteiger partial charge in [-0.3, -0.25) is 4.79 Å². The number of carbonyl (C=O) groups is 1. The fourth-order valence-electron chi connectivity index (χ4n) is 2.55. The Bertz CT molecular complexity index is 1040. The number of nitrogens with one attached hydrogen (secondary N) is 1. The quantitative estimate of drug-likeness (QED) is 0.732. The number of carbonyl (C=O) groups excluding carboxylic acids is 1. The highest BCUT2D eigenvalue weighted by Gasteiger charge is 2.23. The zero-order valence-electron chi connectivity index (χ0n) is 16.2. The lowest BCUT2D eigenvalue weighted by Gasteiger charge is -2.19. The summed E-state index contributed by atoms with van der Waals surface area (Å²) in [5.41, 5.74) is 1.65. The molecule has 2 aromatic carbocycles. The summed E-state index contributed by atoms with van der Waals surface area (Å²) >= 11 is 0. The third-order valence-corrected chi connectivity index (χ3v) is 7.23. The summed E-state index contributed by atoms with van der Waals surface area (Å²) in [5, 5.41) is 2.72. The van der Waals surface area contributed by atoms with Crippen molar-refractivity contribution < 1.29 is 21.6 Å². The van der Waals surface area contributed by atoms with Gasteiger partial charge < -0.3 is 5.32 Å². The van der Waals surface area contributed by atoms with Crippen molar-refractivity contribution in [1.82, 2.24) is 9.62 Å². The van der Waals surface area contributed by atoms with Crippen molar-refractivity contribution in [3.8, 4) is 0 Å². The topological polar surface area (TPSA) is 101 Å². The van der Waals surface area contributed by atoms with E-state index in [1.807, 2.05) is 6.92 Å². The number of aryl methyl sites for hydroxylation is 1. The summed E-state index contributed by atoms with van der Waals surface area (Å²) in [6, 6.07) is 12.2. The van der Waals surface area contributed by atoms with Gasteiger partial charge in [-0.15, -0.1) is 0 Å². The van der Waals surface area contributed by atoms with Gasteiger partial charge in [-0.05, 0) is 43.7 Å². The van der Waals surface area contributed by atoms with Crippen molar-refractivity contribution in [2.24, 2.45) is 0 Å². The molecule has 1 amide bonds. The Morgan fingerprint density at radius 2 is 1.46 bits per heavy atom. The molecular formula is C19H24N2O5S2. The highest BCUT2D eigenvalue weighted by molar-refractivity contribution is 7.90. The van der Waals surface area contributed by atoms with Crippen LogP contribution >= 0.6 is 0 Å². The van der Waals surface area contributed by atoms with E-state index < -0.39 is 31.8 Å². The van der Waals surface area contributed by atoms with E-state index in [2.05, 4.69) is 5.32 Å². The monoisotopic (exact) mass is 424 g/mol. The summed E-state index contributed by atoms with van der Waals surface area (Å²) in [5.74, 6) is -0.460. The first kappa shape index (κ1) is 22.1. The number of rotatable bonds is 7. The molecule has 1 N–H and O–H groups in total. The summed E-state index contributed by atoms with van der Waals surface area (Å²) in [6.07, 6.45) is 1.12. The van der Waals surface area contributed by atoms with Gasteiger partial charge in [-0.2, -0.15) is 4.31 Å². The van der Waals surface area contributed by atoms with Crippen LogP contribution in [0.4, 0.5) is 0 Å². The first-order valence-electron chi connectivity index (χ1n) is 8.53. The maximum absolute atomic E-state index is 12.6. The Hall–Kier alpha value is -2.23. The van der Waals surface area contributed by atoms with Gasteiger partial charge in [0, 0.05) is 13.3 Å². The van der Waals surface area contributed by atoms with Crippen LogP contribution in [0.1, 0.15) is 24.1 Å². The lowest BCUT2D eigenvalue weighted by molar-refractivity contribution is -0.121. The molecular weight excluding hydrogens is 400 g/mol. The van der Waals surface area contributed by atoms with E-state index in [9.17, 15) is 21.6 Å². The Balaban J connectivity index is 2.03. The van der Waals surface area contributed by atoms with Gasteiger partial charge in [-0.1, -0.05) is 29.8 Å². The van der Waals surface area contributed by atoms with Crippen molar-refractivity contribution in [1.29, 1.82) is 0 Å². The molecule has 28 heavy (non-hydrogen) atoms. The number of nitrogens with zero attached hydrogens (tertiary/aromatic N) is 1. The number of sulfonamides is 1. The molecule has 2 aromatic rings. The number of hydrogen-bond donors (Lipinski definition) is 1. The molecule has 0 aliphatic carbocycles. The van der Waals surface area contributed by atoms with E-state index in [1.165, 1.54) is 31.3 Å². The van der Waals surface area contributed by atoms with E-state index in [0.29, 0.717) is 5.56 Å². The van der Waals surface area contributed by atoms with Crippen LogP contribution in [0.5, 0.6) is 0 Å². The molecule has 0 saturated heterocycles. The average molecular weight is 425 g/mol. The number of hydrogen-bond acceptors (Lipinski definition) is 5. The Kier molecular flexibility index (Phi) is 6.63. The first-order chi connectivity index (χ1) is 12.9. The van der Waals surface area contributed by atoms with Gasteiger partial charge >= 0.3 is 0 Å². The second-order valence-corrected chi connectivity index (χ2v) is 10.8. The summed E-state index contributed by atoms with van der Waals surface area (Å²) in [7, 11) is -5.71. The first-order valence-corrected chi connectivity index (χ1v) is 11.9. The third kappa shape index (κ3) is 5.40. The second kappa shape index (κ2) is 8.42. The fourth-order valence-corrected chi connectivity index (χ4v) is 4.31. The zero-order chi connectivity index (χ0) is 21.1. The fraction of sp³-hybridized carbons (Fsp3) is 0.316. The molecule has 0 aliphatic rings. The average Bonchev–Trinajstić information content (AvgIpc) is 2.61. The van der Waals surface area contributed by atoms with E-state index in [4.69, 9.17) is 0 Å². The number of likely N-dealkylation sites (N-methyl/N-ethyl adjacent to an activating group) is 1. The van der Waals surface area contributed by atoms with Crippen molar-refractivity contribution in [3.05, 3.63) is 59.7 Å². The van der Waals surface area contributed by atoms with Crippen LogP contribution in [-0.4, -0.2) is 46.9 Å². The molecule has 1 atom stereocenters. The van der Waals surface area contributed by atoms with Crippen LogP contribution in [0, 0.1) is 6.92 Å². The van der Waals surface area contributed by atoms with Gasteiger partial charge in [-0.25, -0.2) is 16.8 Å². The van der Waals surface area contributed by atoms with Gasteiger partial charge in [0.05, 0.1) is 22.4 Å². The molecule has 0 aromatic heterocycles. The van der Waals surface area contributed by atoms with Crippen LogP contribution < -0.4 is 5.32 Å². The predicted molar refractivity (Wildman–Crippen MR) is 107 cm³/mol. The molecule has 9 heteroatoms. The Morgan fingerprint density at radius 1 is 0.964 bits per heavy atom. The van der Waals surface area contributed by atoms with Crippen LogP contribution in [0.3, 0.4) is 0 Å². The molecule has 152 valence electrons. The molecule has 0 heterocycles. The minimum atomic E-state index is -3.77. The maximum Gasteiger partial charge on any atom is 0.243 e. The molecule has 2 rings (SSSR count). The molecule has 1 unspecified atom stereocenters. The summed E-state index contributed by atoms with van der Waals surface area (Å²) < 4.78 is 49.1. The lowest BCUT2D eigenvalue weighted by atomic mass is 10.1. The molecule has 0 fully saturated rings. The number of sulfone groups is 1. The van der Waals surface area contributed by atoms with E-state index in [1.54, 1.807) is 31.2 Å². The van der Waals surface area contributed by atoms with E-state index in [-0.39, 0.29) is 16.3 Å². The van der Waals surface area contributed by atoms with E-state index in [0.717, 1.165) is 16.1 Å². The molecule has 7 nitrogen and oxygen atoms in total. The Labute approximate surface area is 166 Å². The van der Waals surface area contributed by atoms with Crippen LogP contribution in [0.15, 0.2) is 58.3 Å². The van der Waals surface area contributed by atoms with Gasteiger partial charge in [0.1, 0.15) is 0 Å². The standard InChI is InChI=1S/C19H24N2O5S2/c1-14-5-9-18(10-6-14)28(25,26)21(3)13-19(22)20-15(2)16-7-11-17(12-8-16)27(4,23)24/h5-12,15H,13H2,1-4H3,(H,20,22). The highest BCUT2D eigenvalue weighted by Crippen LogP contribution is 2.17. The highest BCUT2D eigenvalue weighted by atomic mass is 32.2. The predicted octanol–water partition coefficient (Wildman–Crippen LogP) is 1.90. The molecule has 0 radical (unpaired) electrons. The normalized spacial score (nSPS) is 13.3. The van der Waals surface area contributed by atoms with Crippen LogP contribution in [0.25, 0.3) is 0 Å². The van der Waals surface area contributed by atoms with Gasteiger partial charge in [0.2, 0.25) is 15.9 Å².